The lowest BCUT2D eigenvalue weighted by atomic mass is 10.1. The quantitative estimate of drug-likeness (QED) is 0.932. The van der Waals surface area contributed by atoms with Gasteiger partial charge in [0.25, 0.3) is 0 Å². The Labute approximate surface area is 138 Å². The van der Waals surface area contributed by atoms with E-state index in [4.69, 9.17) is 0 Å². The molecule has 1 amide bonds. The highest BCUT2D eigenvalue weighted by Gasteiger charge is 2.33. The molecule has 0 bridgehead atoms. The molecule has 118 valence electrons. The second kappa shape index (κ2) is 6.34. The highest BCUT2D eigenvalue weighted by Crippen LogP contribution is 2.29. The normalized spacial score (nSPS) is 19.4. The van der Waals surface area contributed by atoms with Crippen LogP contribution in [0.25, 0.3) is 0 Å². The molecular weight excluding hydrogens is 316 g/mol. The molecule has 1 aliphatic rings. The first kappa shape index (κ1) is 15.4. The van der Waals surface area contributed by atoms with E-state index in [1.54, 1.807) is 28.9 Å². The van der Waals surface area contributed by atoms with Crippen LogP contribution in [0.3, 0.4) is 0 Å². The van der Waals surface area contributed by atoms with Crippen molar-refractivity contribution in [3.63, 3.8) is 0 Å². The minimum atomic E-state index is -0.108. The second-order valence-electron chi connectivity index (χ2n) is 5.58. The molecular formula is C15H20N4OS2. The van der Waals surface area contributed by atoms with Crippen LogP contribution in [0.4, 0.5) is 5.13 Å². The van der Waals surface area contributed by atoms with Gasteiger partial charge in [0.2, 0.25) is 5.91 Å². The fraction of sp³-hybridized carbons (Fsp3) is 0.533. The molecule has 3 heterocycles. The summed E-state index contributed by atoms with van der Waals surface area (Å²) in [6, 6.07) is -0.111. The van der Waals surface area contributed by atoms with E-state index in [2.05, 4.69) is 20.2 Å². The minimum absolute atomic E-state index is 0.00237. The highest BCUT2D eigenvalue weighted by atomic mass is 32.1. The summed E-state index contributed by atoms with van der Waals surface area (Å²) in [5.41, 5.74) is 1.01. The lowest BCUT2D eigenvalue weighted by Gasteiger charge is -2.24. The van der Waals surface area contributed by atoms with Gasteiger partial charge in [0.05, 0.1) is 16.7 Å². The zero-order valence-corrected chi connectivity index (χ0v) is 14.6. The van der Waals surface area contributed by atoms with Gasteiger partial charge in [0.15, 0.2) is 5.13 Å². The molecule has 7 heteroatoms. The SMILES string of the molecule is Cc1nc(C)c([C@H](C)NC(=O)[C@@H]2CCCN2c2nccs2)s1. The van der Waals surface area contributed by atoms with Gasteiger partial charge >= 0.3 is 0 Å². The number of nitrogens with zero attached hydrogens (tertiary/aromatic N) is 3. The van der Waals surface area contributed by atoms with Gasteiger partial charge in [-0.1, -0.05) is 0 Å². The van der Waals surface area contributed by atoms with Crippen molar-refractivity contribution in [1.82, 2.24) is 15.3 Å². The van der Waals surface area contributed by atoms with Crippen LogP contribution in [0.5, 0.6) is 0 Å². The predicted molar refractivity (Wildman–Crippen MR) is 90.6 cm³/mol. The Bertz CT molecular complexity index is 653. The van der Waals surface area contributed by atoms with E-state index in [1.807, 2.05) is 26.2 Å². The number of carbonyl (C=O) groups is 1. The number of aryl methyl sites for hydroxylation is 2. The van der Waals surface area contributed by atoms with Gasteiger partial charge in [-0.3, -0.25) is 4.79 Å². The topological polar surface area (TPSA) is 58.1 Å². The summed E-state index contributed by atoms with van der Waals surface area (Å²) in [5, 5.41) is 7.08. The number of carbonyl (C=O) groups excluding carboxylic acids is 1. The molecule has 2 aromatic heterocycles. The minimum Gasteiger partial charge on any atom is -0.347 e. The molecule has 2 atom stereocenters. The number of thiazole rings is 2. The van der Waals surface area contributed by atoms with Crippen molar-refractivity contribution in [3.05, 3.63) is 27.2 Å². The van der Waals surface area contributed by atoms with Gasteiger partial charge < -0.3 is 10.2 Å². The van der Waals surface area contributed by atoms with Crippen LogP contribution >= 0.6 is 22.7 Å². The van der Waals surface area contributed by atoms with Gasteiger partial charge in [-0.05, 0) is 33.6 Å². The summed E-state index contributed by atoms with van der Waals surface area (Å²) in [4.78, 5) is 24.7. The number of rotatable bonds is 4. The third kappa shape index (κ3) is 3.01. The molecule has 0 aromatic carbocycles. The fourth-order valence-electron chi connectivity index (χ4n) is 2.95. The van der Waals surface area contributed by atoms with Crippen LogP contribution in [0.1, 0.15) is 41.4 Å². The van der Waals surface area contributed by atoms with E-state index < -0.39 is 0 Å². The van der Waals surface area contributed by atoms with E-state index in [0.29, 0.717) is 0 Å². The van der Waals surface area contributed by atoms with Crippen molar-refractivity contribution in [1.29, 1.82) is 0 Å². The highest BCUT2D eigenvalue weighted by molar-refractivity contribution is 7.13. The summed E-state index contributed by atoms with van der Waals surface area (Å²) >= 11 is 3.25. The van der Waals surface area contributed by atoms with E-state index in [0.717, 1.165) is 40.1 Å². The van der Waals surface area contributed by atoms with Crippen molar-refractivity contribution < 1.29 is 4.79 Å². The van der Waals surface area contributed by atoms with Crippen molar-refractivity contribution in [2.75, 3.05) is 11.4 Å². The maximum absolute atomic E-state index is 12.7. The smallest absolute Gasteiger partial charge is 0.243 e. The average Bonchev–Trinajstić information content (AvgIpc) is 3.17. The summed E-state index contributed by atoms with van der Waals surface area (Å²) in [5.74, 6) is 0.0886. The third-order valence-electron chi connectivity index (χ3n) is 3.91. The number of hydrogen-bond donors (Lipinski definition) is 1. The molecule has 1 aliphatic heterocycles. The van der Waals surface area contributed by atoms with E-state index in [1.165, 1.54) is 0 Å². The number of amides is 1. The Morgan fingerprint density at radius 2 is 2.32 bits per heavy atom. The largest absolute Gasteiger partial charge is 0.347 e. The number of hydrogen-bond acceptors (Lipinski definition) is 6. The first-order chi connectivity index (χ1) is 10.6. The molecule has 5 nitrogen and oxygen atoms in total. The standard InChI is InChI=1S/C15H20N4OS2/c1-9-13(22-11(3)17-9)10(2)18-14(20)12-5-4-7-19(12)15-16-6-8-21-15/h6,8,10,12H,4-5,7H2,1-3H3,(H,18,20)/t10-,12-/m0/s1. The first-order valence-electron chi connectivity index (χ1n) is 7.46. The molecule has 0 radical (unpaired) electrons. The zero-order chi connectivity index (χ0) is 15.7. The fourth-order valence-corrected chi connectivity index (χ4v) is 4.60. The van der Waals surface area contributed by atoms with Crippen LogP contribution in [0.15, 0.2) is 11.6 Å². The van der Waals surface area contributed by atoms with Gasteiger partial charge in [-0.25, -0.2) is 9.97 Å². The van der Waals surface area contributed by atoms with Gasteiger partial charge in [0, 0.05) is 23.0 Å². The molecule has 0 aliphatic carbocycles. The second-order valence-corrected chi connectivity index (χ2v) is 7.69. The molecule has 0 spiro atoms. The maximum Gasteiger partial charge on any atom is 0.243 e. The van der Waals surface area contributed by atoms with E-state index in [9.17, 15) is 4.79 Å². The Balaban J connectivity index is 1.70. The average molecular weight is 336 g/mol. The predicted octanol–water partition coefficient (Wildman–Crippen LogP) is 3.06. The molecule has 22 heavy (non-hydrogen) atoms. The van der Waals surface area contributed by atoms with Crippen LogP contribution in [0, 0.1) is 13.8 Å². The lowest BCUT2D eigenvalue weighted by Crippen LogP contribution is -2.44. The maximum atomic E-state index is 12.7. The van der Waals surface area contributed by atoms with Crippen LogP contribution in [-0.4, -0.2) is 28.5 Å². The molecule has 0 saturated carbocycles. The summed E-state index contributed by atoms with van der Waals surface area (Å²) in [6.45, 7) is 6.93. The Morgan fingerprint density at radius 3 is 2.95 bits per heavy atom. The molecule has 2 aromatic rings. The molecule has 1 saturated heterocycles. The Morgan fingerprint density at radius 1 is 1.50 bits per heavy atom. The molecule has 1 N–H and O–H groups in total. The van der Waals surface area contributed by atoms with Crippen molar-refractivity contribution in [2.45, 2.75) is 45.7 Å². The van der Waals surface area contributed by atoms with Crippen molar-refractivity contribution in [2.24, 2.45) is 0 Å². The monoisotopic (exact) mass is 336 g/mol. The summed E-state index contributed by atoms with van der Waals surface area (Å²) in [6.07, 6.45) is 3.71. The number of aromatic nitrogens is 2. The van der Waals surface area contributed by atoms with Gasteiger partial charge in [-0.15, -0.1) is 22.7 Å². The Kier molecular flexibility index (Phi) is 4.44. The van der Waals surface area contributed by atoms with Gasteiger partial charge in [0.1, 0.15) is 6.04 Å². The summed E-state index contributed by atoms with van der Waals surface area (Å²) < 4.78 is 0. The first-order valence-corrected chi connectivity index (χ1v) is 9.16. The lowest BCUT2D eigenvalue weighted by molar-refractivity contribution is -0.122. The molecule has 1 fully saturated rings. The van der Waals surface area contributed by atoms with E-state index >= 15 is 0 Å². The van der Waals surface area contributed by atoms with Crippen LogP contribution in [-0.2, 0) is 4.79 Å². The van der Waals surface area contributed by atoms with Crippen LogP contribution in [0.2, 0.25) is 0 Å². The summed E-state index contributed by atoms with van der Waals surface area (Å²) in [7, 11) is 0. The van der Waals surface area contributed by atoms with Crippen molar-refractivity contribution in [3.8, 4) is 0 Å². The van der Waals surface area contributed by atoms with Crippen molar-refractivity contribution >= 4 is 33.7 Å². The molecule has 0 unspecified atom stereocenters. The van der Waals surface area contributed by atoms with Gasteiger partial charge in [-0.2, -0.15) is 0 Å². The van der Waals surface area contributed by atoms with E-state index in [-0.39, 0.29) is 18.0 Å². The molecule has 3 rings (SSSR count). The third-order valence-corrected chi connectivity index (χ3v) is 5.98. The Hall–Kier alpha value is -1.47. The zero-order valence-electron chi connectivity index (χ0n) is 13.0. The van der Waals surface area contributed by atoms with Crippen LogP contribution < -0.4 is 10.2 Å². The number of anilines is 1. The number of nitrogens with one attached hydrogen (secondary N) is 1.